The van der Waals surface area contributed by atoms with Crippen molar-refractivity contribution in [2.45, 2.75) is 32.4 Å². The maximum atomic E-state index is 12.8. The number of amides is 3. The summed E-state index contributed by atoms with van der Waals surface area (Å²) in [6, 6.07) is 6.76. The summed E-state index contributed by atoms with van der Waals surface area (Å²) in [5, 5.41) is 6.62. The van der Waals surface area contributed by atoms with Gasteiger partial charge in [-0.3, -0.25) is 9.69 Å². The Morgan fingerprint density at radius 3 is 2.80 bits per heavy atom. The van der Waals surface area contributed by atoms with Gasteiger partial charge in [-0.2, -0.15) is 0 Å². The Balaban J connectivity index is 1.53. The second-order valence-electron chi connectivity index (χ2n) is 6.45. The van der Waals surface area contributed by atoms with Gasteiger partial charge in [0.15, 0.2) is 11.5 Å². The molecule has 130 valence electrons. The number of imide groups is 1. The van der Waals surface area contributed by atoms with Crippen LogP contribution < -0.4 is 14.8 Å². The van der Waals surface area contributed by atoms with Gasteiger partial charge in [-0.25, -0.2) is 4.79 Å². The minimum absolute atomic E-state index is 0.0821. The van der Waals surface area contributed by atoms with Crippen molar-refractivity contribution in [1.82, 2.24) is 15.4 Å². The summed E-state index contributed by atoms with van der Waals surface area (Å²) in [7, 11) is 0. The molecule has 0 bridgehead atoms. The molecule has 1 aromatic carbocycles. The van der Waals surface area contributed by atoms with Crippen molar-refractivity contribution in [3.05, 3.63) is 41.3 Å². The average molecular weight is 343 g/mol. The normalized spacial score (nSPS) is 21.8. The standard InChI is InChI=1S/C17H17N3O5/c1-10-5-12(19-25-10)8-20-15(21)17(2,18-16(20)22)7-11-3-4-13-14(6-11)24-9-23-13/h3-6H,7-9H2,1-2H3,(H,18,22)/t17-/m1/s1. The Morgan fingerprint density at radius 2 is 2.04 bits per heavy atom. The average Bonchev–Trinajstić information content (AvgIpc) is 3.23. The van der Waals surface area contributed by atoms with E-state index >= 15 is 0 Å². The zero-order valence-corrected chi connectivity index (χ0v) is 13.9. The number of aromatic nitrogens is 1. The SMILES string of the molecule is Cc1cc(CN2C(=O)N[C@](C)(Cc3ccc4c(c3)OCO4)C2=O)no1. The van der Waals surface area contributed by atoms with E-state index in [1.807, 2.05) is 12.1 Å². The van der Waals surface area contributed by atoms with E-state index in [0.29, 0.717) is 29.4 Å². The molecular weight excluding hydrogens is 326 g/mol. The number of carbonyl (C=O) groups excluding carboxylic acids is 2. The molecule has 0 saturated carbocycles. The number of carbonyl (C=O) groups is 2. The number of aryl methyl sites for hydroxylation is 1. The maximum Gasteiger partial charge on any atom is 0.325 e. The van der Waals surface area contributed by atoms with Gasteiger partial charge in [0.1, 0.15) is 17.0 Å². The molecular formula is C17H17N3O5. The zero-order valence-electron chi connectivity index (χ0n) is 13.9. The third-order valence-electron chi connectivity index (χ3n) is 4.34. The molecule has 0 spiro atoms. The molecule has 1 fully saturated rings. The van der Waals surface area contributed by atoms with Crippen LogP contribution in [0.15, 0.2) is 28.8 Å². The van der Waals surface area contributed by atoms with Crippen LogP contribution in [0.3, 0.4) is 0 Å². The molecule has 8 heteroatoms. The molecule has 1 saturated heterocycles. The highest BCUT2D eigenvalue weighted by Gasteiger charge is 2.48. The fourth-order valence-corrected chi connectivity index (χ4v) is 3.12. The lowest BCUT2D eigenvalue weighted by Gasteiger charge is -2.21. The Bertz CT molecular complexity index is 862. The lowest BCUT2D eigenvalue weighted by Crippen LogP contribution is -2.45. The summed E-state index contributed by atoms with van der Waals surface area (Å²) in [5.41, 5.74) is 0.386. The number of nitrogens with zero attached hydrogens (tertiary/aromatic N) is 2. The number of hydrogen-bond donors (Lipinski definition) is 1. The largest absolute Gasteiger partial charge is 0.454 e. The van der Waals surface area contributed by atoms with Gasteiger partial charge in [0.05, 0.1) is 6.54 Å². The Morgan fingerprint density at radius 1 is 1.24 bits per heavy atom. The number of nitrogens with one attached hydrogen (secondary N) is 1. The molecule has 1 atom stereocenters. The lowest BCUT2D eigenvalue weighted by molar-refractivity contribution is -0.131. The van der Waals surface area contributed by atoms with Crippen molar-refractivity contribution in [1.29, 1.82) is 0 Å². The Kier molecular flexibility index (Phi) is 3.41. The summed E-state index contributed by atoms with van der Waals surface area (Å²) >= 11 is 0. The molecule has 1 aromatic heterocycles. The predicted molar refractivity (Wildman–Crippen MR) is 85.0 cm³/mol. The van der Waals surface area contributed by atoms with Crippen LogP contribution in [0.4, 0.5) is 4.79 Å². The van der Waals surface area contributed by atoms with Crippen LogP contribution >= 0.6 is 0 Å². The predicted octanol–water partition coefficient (Wildman–Crippen LogP) is 1.76. The molecule has 0 aliphatic carbocycles. The van der Waals surface area contributed by atoms with E-state index in [1.165, 1.54) is 0 Å². The molecule has 2 aromatic rings. The van der Waals surface area contributed by atoms with E-state index in [4.69, 9.17) is 14.0 Å². The zero-order chi connectivity index (χ0) is 17.6. The van der Waals surface area contributed by atoms with Crippen molar-refractivity contribution in [2.75, 3.05) is 6.79 Å². The van der Waals surface area contributed by atoms with Crippen molar-refractivity contribution >= 4 is 11.9 Å². The molecule has 2 aliphatic rings. The van der Waals surface area contributed by atoms with E-state index < -0.39 is 11.6 Å². The first-order chi connectivity index (χ1) is 11.9. The molecule has 2 aliphatic heterocycles. The number of fused-ring (bicyclic) bond motifs is 1. The number of benzene rings is 1. The number of rotatable bonds is 4. The highest BCUT2D eigenvalue weighted by atomic mass is 16.7. The summed E-state index contributed by atoms with van der Waals surface area (Å²) < 4.78 is 15.6. The number of urea groups is 1. The minimum atomic E-state index is -1.02. The van der Waals surface area contributed by atoms with Gasteiger partial charge in [-0.05, 0) is 31.5 Å². The maximum absolute atomic E-state index is 12.8. The summed E-state index contributed by atoms with van der Waals surface area (Å²) in [4.78, 5) is 26.3. The van der Waals surface area contributed by atoms with Gasteiger partial charge in [0.2, 0.25) is 6.79 Å². The molecule has 0 unspecified atom stereocenters. The summed E-state index contributed by atoms with van der Waals surface area (Å²) in [6.45, 7) is 3.74. The van der Waals surface area contributed by atoms with Gasteiger partial charge in [-0.15, -0.1) is 0 Å². The van der Waals surface area contributed by atoms with Gasteiger partial charge in [0.25, 0.3) is 5.91 Å². The van der Waals surface area contributed by atoms with Crippen LogP contribution in [0.25, 0.3) is 0 Å². The highest BCUT2D eigenvalue weighted by molar-refractivity contribution is 6.06. The molecule has 3 heterocycles. The van der Waals surface area contributed by atoms with Crippen LogP contribution in [-0.4, -0.2) is 34.3 Å². The molecule has 1 N–H and O–H groups in total. The van der Waals surface area contributed by atoms with Crippen molar-refractivity contribution in [2.24, 2.45) is 0 Å². The molecule has 3 amide bonds. The van der Waals surface area contributed by atoms with Gasteiger partial charge in [0, 0.05) is 12.5 Å². The van der Waals surface area contributed by atoms with Crippen LogP contribution in [0.5, 0.6) is 11.5 Å². The number of hydrogen-bond acceptors (Lipinski definition) is 6. The number of ether oxygens (including phenoxy) is 2. The quantitative estimate of drug-likeness (QED) is 0.850. The first kappa shape index (κ1) is 15.5. The van der Waals surface area contributed by atoms with E-state index in [2.05, 4.69) is 10.5 Å². The third-order valence-corrected chi connectivity index (χ3v) is 4.34. The van der Waals surface area contributed by atoms with E-state index in [-0.39, 0.29) is 19.2 Å². The topological polar surface area (TPSA) is 93.9 Å². The lowest BCUT2D eigenvalue weighted by atomic mass is 9.92. The van der Waals surface area contributed by atoms with Gasteiger partial charge >= 0.3 is 6.03 Å². The Labute approximate surface area is 143 Å². The first-order valence-electron chi connectivity index (χ1n) is 7.89. The first-order valence-corrected chi connectivity index (χ1v) is 7.89. The fourth-order valence-electron chi connectivity index (χ4n) is 3.12. The minimum Gasteiger partial charge on any atom is -0.454 e. The van der Waals surface area contributed by atoms with Crippen molar-refractivity contribution < 1.29 is 23.6 Å². The molecule has 25 heavy (non-hydrogen) atoms. The van der Waals surface area contributed by atoms with Crippen LogP contribution in [0, 0.1) is 6.92 Å². The smallest absolute Gasteiger partial charge is 0.325 e. The van der Waals surface area contributed by atoms with Crippen LogP contribution in [0.1, 0.15) is 23.9 Å². The van der Waals surface area contributed by atoms with Crippen molar-refractivity contribution in [3.8, 4) is 11.5 Å². The van der Waals surface area contributed by atoms with Crippen LogP contribution in [0.2, 0.25) is 0 Å². The highest BCUT2D eigenvalue weighted by Crippen LogP contribution is 2.34. The van der Waals surface area contributed by atoms with Gasteiger partial charge in [-0.1, -0.05) is 11.2 Å². The van der Waals surface area contributed by atoms with Crippen molar-refractivity contribution in [3.63, 3.8) is 0 Å². The monoisotopic (exact) mass is 343 g/mol. The molecule has 0 radical (unpaired) electrons. The Hall–Kier alpha value is -3.03. The van der Waals surface area contributed by atoms with Crippen LogP contribution in [-0.2, 0) is 17.8 Å². The molecule has 8 nitrogen and oxygen atoms in total. The summed E-state index contributed by atoms with van der Waals surface area (Å²) in [5.74, 6) is 1.66. The second-order valence-corrected chi connectivity index (χ2v) is 6.45. The van der Waals surface area contributed by atoms with Gasteiger partial charge < -0.3 is 19.3 Å². The molecule has 4 rings (SSSR count). The fraction of sp³-hybridized carbons (Fsp3) is 0.353. The summed E-state index contributed by atoms with van der Waals surface area (Å²) in [6.07, 6.45) is 0.350. The van der Waals surface area contributed by atoms with E-state index in [0.717, 1.165) is 10.5 Å². The second kappa shape index (κ2) is 5.51. The van der Waals surface area contributed by atoms with E-state index in [9.17, 15) is 9.59 Å². The van der Waals surface area contributed by atoms with E-state index in [1.54, 1.807) is 26.0 Å². The third kappa shape index (κ3) is 2.69.